The molecular formula is C28H48N7O6P. The van der Waals surface area contributed by atoms with Crippen LogP contribution in [0.5, 0.6) is 0 Å². The summed E-state index contributed by atoms with van der Waals surface area (Å²) in [5.74, 6) is -0.747. The van der Waals surface area contributed by atoms with Crippen molar-refractivity contribution in [3.05, 3.63) is 12.7 Å². The van der Waals surface area contributed by atoms with Crippen LogP contribution in [0.4, 0.5) is 5.82 Å². The van der Waals surface area contributed by atoms with E-state index in [9.17, 15) is 14.2 Å². The summed E-state index contributed by atoms with van der Waals surface area (Å²) in [7, 11) is -3.70. The predicted molar refractivity (Wildman–Crippen MR) is 161 cm³/mol. The number of nitrogen functional groups attached to an aromatic ring is 1. The molecule has 14 heteroatoms. The van der Waals surface area contributed by atoms with Crippen LogP contribution in [0.1, 0.15) is 92.4 Å². The van der Waals surface area contributed by atoms with Gasteiger partial charge in [-0.25, -0.2) is 25.1 Å². The van der Waals surface area contributed by atoms with Crippen LogP contribution in [-0.2, 0) is 34.9 Å². The number of ether oxygens (including phenoxy) is 3. The van der Waals surface area contributed by atoms with E-state index in [1.807, 2.05) is 6.92 Å². The first-order valence-electron chi connectivity index (χ1n) is 15.0. The Kier molecular flexibility index (Phi) is 12.7. The molecule has 2 heterocycles. The number of carbonyl (C=O) groups is 2. The molecule has 1 aliphatic carbocycles. The number of hydrogen-bond acceptors (Lipinski definition) is 10. The topological polar surface area (TPSA) is 173 Å². The van der Waals surface area contributed by atoms with Crippen molar-refractivity contribution in [1.29, 1.82) is 0 Å². The van der Waals surface area contributed by atoms with Crippen LogP contribution in [0.15, 0.2) is 12.7 Å². The summed E-state index contributed by atoms with van der Waals surface area (Å²) in [6.07, 6.45) is 10.8. The predicted octanol–water partition coefficient (Wildman–Crippen LogP) is 4.31. The highest BCUT2D eigenvalue weighted by molar-refractivity contribution is 7.59. The third-order valence-corrected chi connectivity index (χ3v) is 9.45. The number of carbonyl (C=O) groups excluding carboxylic acids is 2. The minimum absolute atomic E-state index is 0.138. The molecule has 3 atom stereocenters. The van der Waals surface area contributed by atoms with Gasteiger partial charge in [0.2, 0.25) is 7.44 Å². The maximum Gasteiger partial charge on any atom is 0.326 e. The number of imidazole rings is 1. The lowest BCUT2D eigenvalue weighted by Gasteiger charge is -2.33. The molecule has 1 aliphatic rings. The number of aromatic nitrogens is 4. The summed E-state index contributed by atoms with van der Waals surface area (Å²) in [4.78, 5) is 38.4. The molecule has 236 valence electrons. The maximum atomic E-state index is 14.3. The third-order valence-electron chi connectivity index (χ3n) is 7.22. The first-order valence-corrected chi connectivity index (χ1v) is 16.9. The van der Waals surface area contributed by atoms with Crippen molar-refractivity contribution >= 4 is 36.4 Å². The van der Waals surface area contributed by atoms with Crippen molar-refractivity contribution in [3.63, 3.8) is 0 Å². The van der Waals surface area contributed by atoms with Gasteiger partial charge in [0.1, 0.15) is 35.9 Å². The van der Waals surface area contributed by atoms with Crippen LogP contribution in [0.2, 0.25) is 0 Å². The summed E-state index contributed by atoms with van der Waals surface area (Å²) < 4.78 is 33.3. The van der Waals surface area contributed by atoms with E-state index in [0.717, 1.165) is 57.8 Å². The van der Waals surface area contributed by atoms with Gasteiger partial charge in [-0.1, -0.05) is 32.6 Å². The Balaban J connectivity index is 1.68. The van der Waals surface area contributed by atoms with Crippen molar-refractivity contribution in [3.8, 4) is 0 Å². The Morgan fingerprint density at radius 2 is 1.88 bits per heavy atom. The number of esters is 2. The molecule has 0 aromatic carbocycles. The molecule has 1 unspecified atom stereocenters. The van der Waals surface area contributed by atoms with Gasteiger partial charge in [0.15, 0.2) is 11.5 Å². The van der Waals surface area contributed by atoms with Gasteiger partial charge >= 0.3 is 11.9 Å². The first kappa shape index (κ1) is 33.9. The molecule has 3 rings (SSSR count). The quantitative estimate of drug-likeness (QED) is 0.132. The van der Waals surface area contributed by atoms with Crippen molar-refractivity contribution in [2.75, 3.05) is 18.7 Å². The van der Waals surface area contributed by atoms with Crippen LogP contribution in [0, 0.1) is 0 Å². The third kappa shape index (κ3) is 10.00. The average molecular weight is 610 g/mol. The zero-order valence-corrected chi connectivity index (χ0v) is 26.5. The van der Waals surface area contributed by atoms with E-state index in [2.05, 4.69) is 32.1 Å². The van der Waals surface area contributed by atoms with Gasteiger partial charge in [-0.2, -0.15) is 0 Å². The summed E-state index contributed by atoms with van der Waals surface area (Å²) in [5, 5.41) is 5.85. The highest BCUT2D eigenvalue weighted by Crippen LogP contribution is 2.40. The van der Waals surface area contributed by atoms with E-state index in [1.165, 1.54) is 6.33 Å². The van der Waals surface area contributed by atoms with Crippen LogP contribution in [-0.4, -0.2) is 68.2 Å². The number of hydrogen-bond donors (Lipinski definition) is 3. The van der Waals surface area contributed by atoms with E-state index in [1.54, 1.807) is 31.7 Å². The maximum absolute atomic E-state index is 14.3. The average Bonchev–Trinajstić information content (AvgIpc) is 3.35. The smallest absolute Gasteiger partial charge is 0.326 e. The van der Waals surface area contributed by atoms with Gasteiger partial charge in [-0.3, -0.25) is 14.2 Å². The highest BCUT2D eigenvalue weighted by Gasteiger charge is 2.39. The fraction of sp³-hybridized carbons (Fsp3) is 0.750. The largest absolute Gasteiger partial charge is 0.464 e. The number of anilines is 1. The Morgan fingerprint density at radius 3 is 2.60 bits per heavy atom. The molecule has 0 bridgehead atoms. The molecule has 0 spiro atoms. The standard InChI is InChI=1S/C28H48N7O6P/c1-6-7-8-12-15-39-27(37)28(4,5)34-42(38,33-21(3)26(36)41-22-13-10-9-11-14-22)19-40-20(2)16-35-18-32-23-24(29)30-17-31-25(23)35/h17-18,20-22H,6-16,19H2,1-5H3,(H2,29,30,31)(H2,33,34,38)/t20-,21+,42?/m0/s1. The molecule has 13 nitrogen and oxygen atoms in total. The summed E-state index contributed by atoms with van der Waals surface area (Å²) in [5.41, 5.74) is 5.62. The number of fused-ring (bicyclic) bond motifs is 1. The summed E-state index contributed by atoms with van der Waals surface area (Å²) in [6, 6.07) is -0.901. The number of unbranched alkanes of at least 4 members (excludes halogenated alkanes) is 3. The van der Waals surface area contributed by atoms with E-state index in [0.29, 0.717) is 17.7 Å². The zero-order chi connectivity index (χ0) is 30.8. The van der Waals surface area contributed by atoms with E-state index in [4.69, 9.17) is 19.9 Å². The van der Waals surface area contributed by atoms with Crippen molar-refractivity contribution in [2.24, 2.45) is 0 Å². The van der Waals surface area contributed by atoms with Crippen LogP contribution < -0.4 is 15.9 Å². The number of rotatable bonds is 17. The van der Waals surface area contributed by atoms with Crippen LogP contribution in [0.25, 0.3) is 11.2 Å². The van der Waals surface area contributed by atoms with Crippen LogP contribution >= 0.6 is 7.44 Å². The number of nitrogens with one attached hydrogen (secondary N) is 2. The second kappa shape index (κ2) is 15.7. The summed E-state index contributed by atoms with van der Waals surface area (Å²) in [6.45, 7) is 9.36. The molecule has 0 saturated heterocycles. The Bertz CT molecular complexity index is 1220. The van der Waals surface area contributed by atoms with E-state index >= 15 is 0 Å². The fourth-order valence-corrected chi connectivity index (χ4v) is 7.28. The molecule has 2 aromatic rings. The number of nitrogens with two attached hydrogens (primary N) is 1. The minimum atomic E-state index is -3.70. The Morgan fingerprint density at radius 1 is 1.14 bits per heavy atom. The fourth-order valence-electron chi connectivity index (χ4n) is 4.88. The number of nitrogens with zero attached hydrogens (tertiary/aromatic N) is 4. The highest BCUT2D eigenvalue weighted by atomic mass is 31.2. The van der Waals surface area contributed by atoms with Gasteiger partial charge in [0.25, 0.3) is 0 Å². The molecule has 2 aromatic heterocycles. The Hall–Kier alpha value is -2.60. The monoisotopic (exact) mass is 609 g/mol. The molecule has 0 aliphatic heterocycles. The molecular weight excluding hydrogens is 561 g/mol. The molecule has 1 saturated carbocycles. The van der Waals surface area contributed by atoms with Crippen LogP contribution in [0.3, 0.4) is 0 Å². The molecule has 0 amide bonds. The lowest BCUT2D eigenvalue weighted by Crippen LogP contribution is -2.50. The lowest BCUT2D eigenvalue weighted by molar-refractivity contribution is -0.152. The van der Waals surface area contributed by atoms with Crippen molar-refractivity contribution in [1.82, 2.24) is 29.7 Å². The SMILES string of the molecule is CCCCCCOC(=O)C(C)(C)NP(=O)(CO[C@@H](C)Cn1cnc2c(N)ncnc21)N[C@H](C)C(=O)OC1CCCCC1. The van der Waals surface area contributed by atoms with Crippen molar-refractivity contribution in [2.45, 2.75) is 123 Å². The second-order valence-electron chi connectivity index (χ2n) is 11.7. The molecule has 1 fully saturated rings. The molecule has 42 heavy (non-hydrogen) atoms. The van der Waals surface area contributed by atoms with Crippen molar-refractivity contribution < 1.29 is 28.4 Å². The molecule has 4 N–H and O–H groups in total. The lowest BCUT2D eigenvalue weighted by atomic mass is 9.98. The van der Waals surface area contributed by atoms with Gasteiger partial charge in [0, 0.05) is 0 Å². The normalized spacial score (nSPS) is 17.5. The van der Waals surface area contributed by atoms with Gasteiger partial charge in [0.05, 0.1) is 25.6 Å². The first-order chi connectivity index (χ1) is 19.9. The minimum Gasteiger partial charge on any atom is -0.464 e. The second-order valence-corrected chi connectivity index (χ2v) is 13.9. The molecule has 0 radical (unpaired) electrons. The van der Waals surface area contributed by atoms with Gasteiger partial charge in [-0.05, 0) is 59.8 Å². The zero-order valence-electron chi connectivity index (χ0n) is 25.6. The van der Waals surface area contributed by atoms with Gasteiger partial charge in [-0.15, -0.1) is 0 Å². The van der Waals surface area contributed by atoms with Gasteiger partial charge < -0.3 is 24.5 Å². The Labute approximate surface area is 248 Å². The van der Waals surface area contributed by atoms with E-state index < -0.39 is 37.1 Å². The summed E-state index contributed by atoms with van der Waals surface area (Å²) >= 11 is 0. The van der Waals surface area contributed by atoms with E-state index in [-0.39, 0.29) is 24.9 Å².